The molecule has 0 saturated heterocycles. The number of hydrogen-bond donors (Lipinski definition) is 1. The number of aryl methyl sites for hydroxylation is 1. The standard InChI is InChI=1S/C17H18N2O2/c1-13-6-5-7-15(14(13)12-18)19-10-11-21-17-9-4-3-8-16(17)20-2/h3-9,19H,10-11H2,1-2H3. The van der Waals surface area contributed by atoms with Crippen molar-refractivity contribution in [2.45, 2.75) is 6.92 Å². The van der Waals surface area contributed by atoms with Crippen molar-refractivity contribution in [2.24, 2.45) is 0 Å². The molecule has 2 aromatic rings. The summed E-state index contributed by atoms with van der Waals surface area (Å²) in [5, 5.41) is 12.4. The Kier molecular flexibility index (Phi) is 5.05. The number of methoxy groups -OCH3 is 1. The van der Waals surface area contributed by atoms with E-state index in [1.165, 1.54) is 0 Å². The first kappa shape index (κ1) is 14.7. The Hall–Kier alpha value is -2.67. The molecular formula is C17H18N2O2. The molecule has 0 atom stereocenters. The van der Waals surface area contributed by atoms with Gasteiger partial charge in [-0.25, -0.2) is 0 Å². The van der Waals surface area contributed by atoms with Gasteiger partial charge in [0.05, 0.1) is 18.4 Å². The fourth-order valence-corrected chi connectivity index (χ4v) is 2.05. The molecule has 0 fully saturated rings. The molecule has 2 aromatic carbocycles. The molecular weight excluding hydrogens is 264 g/mol. The average Bonchev–Trinajstić information content (AvgIpc) is 2.52. The van der Waals surface area contributed by atoms with Gasteiger partial charge in [0.1, 0.15) is 12.7 Å². The van der Waals surface area contributed by atoms with Crippen LogP contribution in [-0.2, 0) is 0 Å². The molecule has 0 amide bonds. The topological polar surface area (TPSA) is 54.3 Å². The number of hydrogen-bond acceptors (Lipinski definition) is 4. The second kappa shape index (κ2) is 7.20. The Morgan fingerprint density at radius 1 is 1.10 bits per heavy atom. The van der Waals surface area contributed by atoms with E-state index in [0.717, 1.165) is 11.3 Å². The van der Waals surface area contributed by atoms with Gasteiger partial charge in [0, 0.05) is 6.54 Å². The Morgan fingerprint density at radius 3 is 2.57 bits per heavy atom. The minimum atomic E-state index is 0.485. The van der Waals surface area contributed by atoms with Crippen molar-refractivity contribution in [3.05, 3.63) is 53.6 Å². The molecule has 21 heavy (non-hydrogen) atoms. The first-order valence-corrected chi connectivity index (χ1v) is 6.75. The number of para-hydroxylation sites is 2. The monoisotopic (exact) mass is 282 g/mol. The number of nitriles is 1. The Balaban J connectivity index is 1.91. The Labute approximate surface area is 124 Å². The molecule has 4 nitrogen and oxygen atoms in total. The smallest absolute Gasteiger partial charge is 0.161 e. The van der Waals surface area contributed by atoms with E-state index in [1.54, 1.807) is 7.11 Å². The van der Waals surface area contributed by atoms with Gasteiger partial charge in [0.25, 0.3) is 0 Å². The van der Waals surface area contributed by atoms with E-state index in [2.05, 4.69) is 11.4 Å². The van der Waals surface area contributed by atoms with Crippen LogP contribution in [0.5, 0.6) is 11.5 Å². The van der Waals surface area contributed by atoms with Gasteiger partial charge in [-0.1, -0.05) is 24.3 Å². The molecule has 0 radical (unpaired) electrons. The lowest BCUT2D eigenvalue weighted by atomic mass is 10.1. The van der Waals surface area contributed by atoms with Crippen LogP contribution in [0, 0.1) is 18.3 Å². The Bertz CT molecular complexity index is 647. The van der Waals surface area contributed by atoms with Gasteiger partial charge < -0.3 is 14.8 Å². The van der Waals surface area contributed by atoms with Crippen molar-refractivity contribution < 1.29 is 9.47 Å². The van der Waals surface area contributed by atoms with Gasteiger partial charge in [0.15, 0.2) is 11.5 Å². The zero-order valence-electron chi connectivity index (χ0n) is 12.2. The summed E-state index contributed by atoms with van der Waals surface area (Å²) in [4.78, 5) is 0. The second-order valence-electron chi connectivity index (χ2n) is 4.54. The summed E-state index contributed by atoms with van der Waals surface area (Å²) in [6.07, 6.45) is 0. The molecule has 1 N–H and O–H groups in total. The molecule has 0 bridgehead atoms. The summed E-state index contributed by atoms with van der Waals surface area (Å²) in [6, 6.07) is 15.5. The predicted molar refractivity (Wildman–Crippen MR) is 82.9 cm³/mol. The highest BCUT2D eigenvalue weighted by molar-refractivity contribution is 5.60. The highest BCUT2D eigenvalue weighted by Gasteiger charge is 2.05. The highest BCUT2D eigenvalue weighted by Crippen LogP contribution is 2.25. The minimum absolute atomic E-state index is 0.485. The molecule has 0 aromatic heterocycles. The van der Waals surface area contributed by atoms with Crippen LogP contribution in [0.4, 0.5) is 5.69 Å². The first-order valence-electron chi connectivity index (χ1n) is 6.75. The van der Waals surface area contributed by atoms with Gasteiger partial charge >= 0.3 is 0 Å². The van der Waals surface area contributed by atoms with Crippen molar-refractivity contribution in [2.75, 3.05) is 25.6 Å². The second-order valence-corrected chi connectivity index (χ2v) is 4.54. The zero-order valence-corrected chi connectivity index (χ0v) is 12.2. The van der Waals surface area contributed by atoms with E-state index in [1.807, 2.05) is 49.4 Å². The lowest BCUT2D eigenvalue weighted by Gasteiger charge is -2.12. The van der Waals surface area contributed by atoms with Crippen LogP contribution in [0.3, 0.4) is 0 Å². The van der Waals surface area contributed by atoms with Crippen LogP contribution in [0.1, 0.15) is 11.1 Å². The quantitative estimate of drug-likeness (QED) is 0.825. The van der Waals surface area contributed by atoms with Gasteiger partial charge in [-0.05, 0) is 30.7 Å². The summed E-state index contributed by atoms with van der Waals surface area (Å²) in [7, 11) is 1.62. The molecule has 0 aliphatic heterocycles. The number of nitrogens with zero attached hydrogens (tertiary/aromatic N) is 1. The van der Waals surface area contributed by atoms with Gasteiger partial charge in [-0.3, -0.25) is 0 Å². The SMILES string of the molecule is COc1ccccc1OCCNc1cccc(C)c1C#N. The third-order valence-electron chi connectivity index (χ3n) is 3.13. The fourth-order valence-electron chi connectivity index (χ4n) is 2.05. The maximum absolute atomic E-state index is 9.16. The van der Waals surface area contributed by atoms with Crippen molar-refractivity contribution in [1.29, 1.82) is 5.26 Å². The largest absolute Gasteiger partial charge is 0.493 e. The lowest BCUT2D eigenvalue weighted by molar-refractivity contribution is 0.306. The average molecular weight is 282 g/mol. The molecule has 2 rings (SSSR count). The third kappa shape index (κ3) is 3.67. The highest BCUT2D eigenvalue weighted by atomic mass is 16.5. The fraction of sp³-hybridized carbons (Fsp3) is 0.235. The number of ether oxygens (including phenoxy) is 2. The van der Waals surface area contributed by atoms with E-state index >= 15 is 0 Å². The van der Waals surface area contributed by atoms with Crippen molar-refractivity contribution in [1.82, 2.24) is 0 Å². The summed E-state index contributed by atoms with van der Waals surface area (Å²) < 4.78 is 10.9. The van der Waals surface area contributed by atoms with E-state index < -0.39 is 0 Å². The van der Waals surface area contributed by atoms with E-state index in [4.69, 9.17) is 14.7 Å². The van der Waals surface area contributed by atoms with Crippen LogP contribution < -0.4 is 14.8 Å². The zero-order chi connectivity index (χ0) is 15.1. The van der Waals surface area contributed by atoms with Crippen molar-refractivity contribution in [3.63, 3.8) is 0 Å². The Morgan fingerprint density at radius 2 is 1.86 bits per heavy atom. The lowest BCUT2D eigenvalue weighted by Crippen LogP contribution is -2.12. The third-order valence-corrected chi connectivity index (χ3v) is 3.13. The summed E-state index contributed by atoms with van der Waals surface area (Å²) >= 11 is 0. The molecule has 0 heterocycles. The first-order chi connectivity index (χ1) is 10.3. The molecule has 0 unspecified atom stereocenters. The van der Waals surface area contributed by atoms with Crippen LogP contribution in [0.25, 0.3) is 0 Å². The van der Waals surface area contributed by atoms with Gasteiger partial charge in [-0.15, -0.1) is 0 Å². The number of rotatable bonds is 6. The molecule has 0 saturated carbocycles. The summed E-state index contributed by atoms with van der Waals surface area (Å²) in [5.74, 6) is 1.43. The normalized spacial score (nSPS) is 9.76. The molecule has 4 heteroatoms. The van der Waals surface area contributed by atoms with Crippen molar-refractivity contribution >= 4 is 5.69 Å². The number of benzene rings is 2. The van der Waals surface area contributed by atoms with Crippen molar-refractivity contribution in [3.8, 4) is 17.6 Å². The van der Waals surface area contributed by atoms with E-state index in [0.29, 0.717) is 30.2 Å². The maximum Gasteiger partial charge on any atom is 0.161 e. The van der Waals surface area contributed by atoms with E-state index in [9.17, 15) is 0 Å². The van der Waals surface area contributed by atoms with E-state index in [-0.39, 0.29) is 0 Å². The molecule has 0 aliphatic rings. The molecule has 108 valence electrons. The number of anilines is 1. The molecule has 0 aliphatic carbocycles. The van der Waals surface area contributed by atoms with Crippen LogP contribution in [-0.4, -0.2) is 20.3 Å². The van der Waals surface area contributed by atoms with Crippen LogP contribution in [0.2, 0.25) is 0 Å². The van der Waals surface area contributed by atoms with Crippen LogP contribution in [0.15, 0.2) is 42.5 Å². The summed E-state index contributed by atoms with van der Waals surface area (Å²) in [5.41, 5.74) is 2.48. The van der Waals surface area contributed by atoms with Gasteiger partial charge in [0.2, 0.25) is 0 Å². The predicted octanol–water partition coefficient (Wildman–Crippen LogP) is 3.37. The minimum Gasteiger partial charge on any atom is -0.493 e. The summed E-state index contributed by atoms with van der Waals surface area (Å²) in [6.45, 7) is 3.02. The van der Waals surface area contributed by atoms with Crippen LogP contribution >= 0.6 is 0 Å². The maximum atomic E-state index is 9.16. The molecule has 0 spiro atoms. The van der Waals surface area contributed by atoms with Gasteiger partial charge in [-0.2, -0.15) is 5.26 Å². The number of nitrogens with one attached hydrogen (secondary N) is 1.